The minimum atomic E-state index is -2.62. The van der Waals surface area contributed by atoms with Gasteiger partial charge in [0.25, 0.3) is 0 Å². The molecule has 4 aromatic carbocycles. The van der Waals surface area contributed by atoms with Crippen molar-refractivity contribution < 1.29 is 23.7 Å². The summed E-state index contributed by atoms with van der Waals surface area (Å²) in [4.78, 5) is 21.7. The molecule has 7 heteroatoms. The second-order valence-corrected chi connectivity index (χ2v) is 8.49. The van der Waals surface area contributed by atoms with Gasteiger partial charge in [0, 0.05) is 0 Å². The first kappa shape index (κ1) is 23.7. The Hall–Kier alpha value is -2.46. The lowest BCUT2D eigenvalue weighted by Crippen LogP contribution is -2.48. The summed E-state index contributed by atoms with van der Waals surface area (Å²) in [6.07, 6.45) is 0. The van der Waals surface area contributed by atoms with Crippen LogP contribution in [0.25, 0.3) is 0 Å². The highest BCUT2D eigenvalue weighted by Gasteiger charge is 2.62. The highest BCUT2D eigenvalue weighted by Crippen LogP contribution is 2.64. The van der Waals surface area contributed by atoms with Crippen LogP contribution in [-0.4, -0.2) is 14.7 Å². The molecule has 0 spiro atoms. The maximum absolute atomic E-state index is 7.23. The van der Waals surface area contributed by atoms with E-state index in [1.165, 1.54) is 0 Å². The molecular formula is C26H24O5P2. The maximum atomic E-state index is 7.23. The molecule has 1 heterocycles. The Morgan fingerprint density at radius 2 is 0.667 bits per heavy atom. The minimum absolute atomic E-state index is 0.0865. The van der Waals surface area contributed by atoms with E-state index in [-0.39, 0.29) is 9.03 Å². The van der Waals surface area contributed by atoms with Gasteiger partial charge in [0.2, 0.25) is 0 Å². The van der Waals surface area contributed by atoms with E-state index in [1.54, 1.807) is 0 Å². The standard InChI is InChI=1S/C26H21O2P.H3O3P/c1-5-13-21(14-6-1)25(22-15-7-2-8-16-22)26(28-29-27-25,23-17-9-3-10-18-23)24-19-11-4-12-20-24;1-4(2)3/h1-20,29H;1-3H. The van der Waals surface area contributed by atoms with E-state index in [9.17, 15) is 0 Å². The lowest BCUT2D eigenvalue weighted by molar-refractivity contribution is 0.00370. The molecule has 1 fully saturated rings. The lowest BCUT2D eigenvalue weighted by atomic mass is 9.66. The van der Waals surface area contributed by atoms with Gasteiger partial charge in [-0.3, -0.25) is 0 Å². The number of benzene rings is 4. The van der Waals surface area contributed by atoms with E-state index in [4.69, 9.17) is 23.7 Å². The first-order valence-electron chi connectivity index (χ1n) is 10.3. The molecular weight excluding hydrogens is 454 g/mol. The predicted octanol–water partition coefficient (Wildman–Crippen LogP) is 5.62. The molecule has 168 valence electrons. The third-order valence-electron chi connectivity index (χ3n) is 5.61. The molecule has 5 rings (SSSR count). The molecule has 1 saturated heterocycles. The highest BCUT2D eigenvalue weighted by molar-refractivity contribution is 7.38. The van der Waals surface area contributed by atoms with Crippen LogP contribution in [-0.2, 0) is 20.2 Å². The van der Waals surface area contributed by atoms with Gasteiger partial charge in [-0.1, -0.05) is 121 Å². The van der Waals surface area contributed by atoms with Crippen molar-refractivity contribution in [1.82, 2.24) is 0 Å². The highest BCUT2D eigenvalue weighted by atomic mass is 31.2. The molecule has 0 saturated carbocycles. The molecule has 0 unspecified atom stereocenters. The molecule has 0 atom stereocenters. The Balaban J connectivity index is 0.000000601. The Bertz CT molecular complexity index is 956. The predicted molar refractivity (Wildman–Crippen MR) is 131 cm³/mol. The van der Waals surface area contributed by atoms with Crippen molar-refractivity contribution in [2.45, 2.75) is 11.2 Å². The van der Waals surface area contributed by atoms with Gasteiger partial charge in [0.1, 0.15) is 0 Å². The third-order valence-corrected chi connectivity index (χ3v) is 6.39. The van der Waals surface area contributed by atoms with Gasteiger partial charge >= 0.3 is 8.60 Å². The molecule has 0 aromatic heterocycles. The van der Waals surface area contributed by atoms with Crippen LogP contribution in [0.15, 0.2) is 121 Å². The topological polar surface area (TPSA) is 79.2 Å². The van der Waals surface area contributed by atoms with Gasteiger partial charge < -0.3 is 23.7 Å². The van der Waals surface area contributed by atoms with Crippen molar-refractivity contribution in [2.24, 2.45) is 0 Å². The zero-order valence-electron chi connectivity index (χ0n) is 17.7. The zero-order valence-corrected chi connectivity index (χ0v) is 19.5. The summed E-state index contributed by atoms with van der Waals surface area (Å²) in [5.74, 6) is 0. The third kappa shape index (κ3) is 4.50. The average molecular weight is 478 g/mol. The fourth-order valence-corrected chi connectivity index (χ4v) is 5.41. The van der Waals surface area contributed by atoms with Crippen LogP contribution in [0.4, 0.5) is 0 Å². The van der Waals surface area contributed by atoms with Crippen molar-refractivity contribution in [1.29, 1.82) is 0 Å². The summed E-state index contributed by atoms with van der Waals surface area (Å²) < 4.78 is 13.3. The molecule has 33 heavy (non-hydrogen) atoms. The SMILES string of the molecule is OP(O)O.c1ccc(C2(c3ccccc3)OPOC2(c2ccccc2)c2ccccc2)cc1. The summed E-state index contributed by atoms with van der Waals surface area (Å²) in [6.45, 7) is 0. The quantitative estimate of drug-likeness (QED) is 0.332. The number of hydrogen-bond acceptors (Lipinski definition) is 5. The molecule has 4 aromatic rings. The van der Waals surface area contributed by atoms with Crippen molar-refractivity contribution in [2.75, 3.05) is 0 Å². The van der Waals surface area contributed by atoms with Crippen LogP contribution in [0.5, 0.6) is 0 Å². The second kappa shape index (κ2) is 10.6. The Morgan fingerprint density at radius 1 is 0.455 bits per heavy atom. The monoisotopic (exact) mass is 478 g/mol. The smallest absolute Gasteiger partial charge is 0.324 e. The largest absolute Gasteiger partial charge is 0.328 e. The van der Waals surface area contributed by atoms with Crippen LogP contribution >= 0.6 is 17.6 Å². The van der Waals surface area contributed by atoms with E-state index in [0.717, 1.165) is 22.3 Å². The van der Waals surface area contributed by atoms with Gasteiger partial charge in [0.15, 0.2) is 20.2 Å². The van der Waals surface area contributed by atoms with E-state index < -0.39 is 19.8 Å². The van der Waals surface area contributed by atoms with Gasteiger partial charge in [-0.25, -0.2) is 0 Å². The average Bonchev–Trinajstić information content (AvgIpc) is 3.28. The fourth-order valence-electron chi connectivity index (χ4n) is 4.36. The molecule has 0 aliphatic carbocycles. The molecule has 1 aliphatic rings. The second-order valence-electron chi connectivity index (χ2n) is 7.38. The number of hydrogen-bond donors (Lipinski definition) is 3. The normalized spacial score (nSPS) is 16.1. The van der Waals surface area contributed by atoms with Crippen molar-refractivity contribution in [3.8, 4) is 0 Å². The van der Waals surface area contributed by atoms with Crippen LogP contribution in [0.1, 0.15) is 22.3 Å². The van der Waals surface area contributed by atoms with E-state index in [0.29, 0.717) is 0 Å². The molecule has 0 bridgehead atoms. The van der Waals surface area contributed by atoms with Crippen LogP contribution < -0.4 is 0 Å². The van der Waals surface area contributed by atoms with E-state index in [2.05, 4.69) is 97.1 Å². The van der Waals surface area contributed by atoms with E-state index >= 15 is 0 Å². The summed E-state index contributed by atoms with van der Waals surface area (Å²) in [6, 6.07) is 41.7. The molecule has 0 radical (unpaired) electrons. The molecule has 1 aliphatic heterocycles. The fraction of sp³-hybridized carbons (Fsp3) is 0.0769. The Kier molecular flexibility index (Phi) is 7.64. The number of rotatable bonds is 4. The van der Waals surface area contributed by atoms with E-state index in [1.807, 2.05) is 24.3 Å². The zero-order chi connectivity index (χ0) is 23.2. The van der Waals surface area contributed by atoms with Crippen molar-refractivity contribution >= 4 is 17.6 Å². The van der Waals surface area contributed by atoms with Gasteiger partial charge in [0.05, 0.1) is 0 Å². The van der Waals surface area contributed by atoms with Gasteiger partial charge in [-0.15, -0.1) is 0 Å². The van der Waals surface area contributed by atoms with Crippen LogP contribution in [0, 0.1) is 0 Å². The van der Waals surface area contributed by atoms with Crippen LogP contribution in [0.2, 0.25) is 0 Å². The Labute approximate surface area is 196 Å². The maximum Gasteiger partial charge on any atom is 0.324 e. The van der Waals surface area contributed by atoms with Gasteiger partial charge in [-0.2, -0.15) is 0 Å². The summed E-state index contributed by atoms with van der Waals surface area (Å²) in [5.41, 5.74) is 2.67. The molecule has 0 amide bonds. The first-order valence-corrected chi connectivity index (χ1v) is 12.3. The Morgan fingerprint density at radius 3 is 0.879 bits per heavy atom. The lowest BCUT2D eigenvalue weighted by Gasteiger charge is -2.44. The van der Waals surface area contributed by atoms with Crippen LogP contribution in [0.3, 0.4) is 0 Å². The van der Waals surface area contributed by atoms with Gasteiger partial charge in [-0.05, 0) is 22.3 Å². The van der Waals surface area contributed by atoms with Crippen molar-refractivity contribution in [3.05, 3.63) is 144 Å². The molecule has 3 N–H and O–H groups in total. The summed E-state index contributed by atoms with van der Waals surface area (Å²) in [5, 5.41) is 0. The van der Waals surface area contributed by atoms with Crippen molar-refractivity contribution in [3.63, 3.8) is 0 Å². The summed E-state index contributed by atoms with van der Waals surface area (Å²) >= 11 is 0. The first-order chi connectivity index (χ1) is 16.1. The summed E-state index contributed by atoms with van der Waals surface area (Å²) in [7, 11) is -2.71. The molecule has 5 nitrogen and oxygen atoms in total. The minimum Gasteiger partial charge on any atom is -0.328 e.